The Labute approximate surface area is 138 Å². The van der Waals surface area contributed by atoms with Gasteiger partial charge in [0.05, 0.1) is 0 Å². The number of amides is 1. The van der Waals surface area contributed by atoms with Crippen LogP contribution in [0, 0.1) is 27.7 Å². The molecular weight excluding hydrogens is 286 g/mol. The van der Waals surface area contributed by atoms with Crippen molar-refractivity contribution in [3.63, 3.8) is 0 Å². The summed E-state index contributed by atoms with van der Waals surface area (Å²) in [7, 11) is 0. The van der Waals surface area contributed by atoms with Crippen LogP contribution in [0.1, 0.15) is 35.6 Å². The van der Waals surface area contributed by atoms with E-state index >= 15 is 0 Å². The Balaban J connectivity index is 2.13. The van der Waals surface area contributed by atoms with Crippen LogP contribution in [0.3, 0.4) is 0 Å². The normalized spacial score (nSPS) is 11.9. The fourth-order valence-electron chi connectivity index (χ4n) is 2.49. The quantitative estimate of drug-likeness (QED) is 0.868. The Bertz CT molecular complexity index is 707. The minimum atomic E-state index is -0.503. The average Bonchev–Trinajstić information content (AvgIpc) is 2.50. The van der Waals surface area contributed by atoms with Gasteiger partial charge in [0.25, 0.3) is 5.91 Å². The van der Waals surface area contributed by atoms with E-state index in [4.69, 9.17) is 4.74 Å². The molecule has 2 rings (SSSR count). The topological polar surface area (TPSA) is 38.3 Å². The minimum absolute atomic E-state index is 0.110. The Morgan fingerprint density at radius 3 is 2.30 bits per heavy atom. The van der Waals surface area contributed by atoms with E-state index in [1.807, 2.05) is 65.0 Å². The molecule has 1 amide bonds. The second-order valence-corrected chi connectivity index (χ2v) is 6.09. The summed E-state index contributed by atoms with van der Waals surface area (Å²) in [5, 5.41) is 2.99. The number of benzene rings is 2. The fourth-order valence-corrected chi connectivity index (χ4v) is 2.49. The number of nitrogens with one attached hydrogen (secondary N) is 1. The maximum atomic E-state index is 12.6. The third kappa shape index (κ3) is 4.35. The van der Waals surface area contributed by atoms with Crippen molar-refractivity contribution in [1.82, 2.24) is 0 Å². The molecule has 3 nitrogen and oxygen atoms in total. The van der Waals surface area contributed by atoms with Crippen molar-refractivity contribution in [2.24, 2.45) is 0 Å². The maximum Gasteiger partial charge on any atom is 0.265 e. The average molecular weight is 311 g/mol. The highest BCUT2D eigenvalue weighted by molar-refractivity contribution is 5.95. The van der Waals surface area contributed by atoms with Gasteiger partial charge < -0.3 is 10.1 Å². The predicted octanol–water partition coefficient (Wildman–Crippen LogP) is 4.72. The summed E-state index contributed by atoms with van der Waals surface area (Å²) in [5.41, 5.74) is 5.24. The summed E-state index contributed by atoms with van der Waals surface area (Å²) < 4.78 is 5.94. The number of aryl methyl sites for hydroxylation is 4. The Hall–Kier alpha value is -2.29. The van der Waals surface area contributed by atoms with E-state index in [1.54, 1.807) is 0 Å². The van der Waals surface area contributed by atoms with Crippen LogP contribution in [0.4, 0.5) is 5.69 Å². The van der Waals surface area contributed by atoms with Crippen LogP contribution in [-0.4, -0.2) is 12.0 Å². The van der Waals surface area contributed by atoms with Crippen molar-refractivity contribution >= 4 is 11.6 Å². The smallest absolute Gasteiger partial charge is 0.265 e. The Kier molecular flexibility index (Phi) is 5.43. The molecule has 0 spiro atoms. The summed E-state index contributed by atoms with van der Waals surface area (Å²) in [5.74, 6) is 0.653. The highest BCUT2D eigenvalue weighted by Crippen LogP contribution is 2.22. The van der Waals surface area contributed by atoms with E-state index in [9.17, 15) is 4.79 Å². The van der Waals surface area contributed by atoms with Gasteiger partial charge in [-0.25, -0.2) is 0 Å². The van der Waals surface area contributed by atoms with Crippen molar-refractivity contribution in [2.75, 3.05) is 5.32 Å². The molecule has 2 aromatic carbocycles. The minimum Gasteiger partial charge on any atom is -0.480 e. The lowest BCUT2D eigenvalue weighted by atomic mass is 10.1. The molecule has 0 saturated carbocycles. The van der Waals surface area contributed by atoms with Crippen molar-refractivity contribution < 1.29 is 9.53 Å². The molecule has 3 heteroatoms. The third-order valence-electron chi connectivity index (χ3n) is 3.91. The molecule has 1 unspecified atom stereocenters. The number of hydrogen-bond donors (Lipinski definition) is 1. The first-order valence-corrected chi connectivity index (χ1v) is 8.02. The first-order valence-electron chi connectivity index (χ1n) is 8.02. The van der Waals surface area contributed by atoms with Gasteiger partial charge in [0.15, 0.2) is 6.10 Å². The van der Waals surface area contributed by atoms with Gasteiger partial charge in [-0.1, -0.05) is 36.8 Å². The Morgan fingerprint density at radius 1 is 1.00 bits per heavy atom. The number of anilines is 1. The van der Waals surface area contributed by atoms with Gasteiger partial charge >= 0.3 is 0 Å². The molecular formula is C20H25NO2. The second kappa shape index (κ2) is 7.32. The SMILES string of the molecule is CCC(Oc1ccc(C)cc1C)C(=O)Nc1cc(C)ccc1C. The second-order valence-electron chi connectivity index (χ2n) is 6.09. The van der Waals surface area contributed by atoms with Crippen LogP contribution >= 0.6 is 0 Å². The lowest BCUT2D eigenvalue weighted by molar-refractivity contribution is -0.122. The molecule has 1 atom stereocenters. The van der Waals surface area contributed by atoms with Crippen molar-refractivity contribution in [1.29, 1.82) is 0 Å². The van der Waals surface area contributed by atoms with Crippen molar-refractivity contribution in [3.05, 3.63) is 58.7 Å². The molecule has 122 valence electrons. The zero-order valence-corrected chi connectivity index (χ0v) is 14.6. The monoisotopic (exact) mass is 311 g/mol. The highest BCUT2D eigenvalue weighted by atomic mass is 16.5. The molecule has 0 heterocycles. The standard InChI is InChI=1S/C20H25NO2/c1-6-18(23-19-10-8-13(2)11-16(19)5)20(22)21-17-12-14(3)7-9-15(17)4/h7-12,18H,6H2,1-5H3,(H,21,22). The molecule has 23 heavy (non-hydrogen) atoms. The van der Waals surface area contributed by atoms with E-state index in [1.165, 1.54) is 5.56 Å². The van der Waals surface area contributed by atoms with E-state index in [2.05, 4.69) is 11.4 Å². The lowest BCUT2D eigenvalue weighted by Crippen LogP contribution is -2.32. The van der Waals surface area contributed by atoms with Crippen LogP contribution in [0.2, 0.25) is 0 Å². The van der Waals surface area contributed by atoms with E-state index < -0.39 is 6.10 Å². The number of carbonyl (C=O) groups is 1. The highest BCUT2D eigenvalue weighted by Gasteiger charge is 2.20. The Morgan fingerprint density at radius 2 is 1.65 bits per heavy atom. The molecule has 2 aromatic rings. The molecule has 0 aromatic heterocycles. The molecule has 1 N–H and O–H groups in total. The fraction of sp³-hybridized carbons (Fsp3) is 0.350. The van der Waals surface area contributed by atoms with Crippen LogP contribution in [-0.2, 0) is 4.79 Å². The molecule has 0 aliphatic carbocycles. The molecule has 0 bridgehead atoms. The third-order valence-corrected chi connectivity index (χ3v) is 3.91. The molecule has 0 aliphatic heterocycles. The van der Waals surface area contributed by atoms with Crippen molar-refractivity contribution in [3.8, 4) is 5.75 Å². The van der Waals surface area contributed by atoms with Crippen LogP contribution < -0.4 is 10.1 Å². The predicted molar refractivity (Wildman–Crippen MR) is 95.2 cm³/mol. The van der Waals surface area contributed by atoms with Gasteiger partial charge in [-0.2, -0.15) is 0 Å². The molecule has 0 fully saturated rings. The maximum absolute atomic E-state index is 12.6. The number of carbonyl (C=O) groups excluding carboxylic acids is 1. The number of ether oxygens (including phenoxy) is 1. The van der Waals surface area contributed by atoms with Gasteiger partial charge in [-0.3, -0.25) is 4.79 Å². The molecule has 0 saturated heterocycles. The lowest BCUT2D eigenvalue weighted by Gasteiger charge is -2.19. The van der Waals surface area contributed by atoms with E-state index in [-0.39, 0.29) is 5.91 Å². The zero-order chi connectivity index (χ0) is 17.0. The summed E-state index contributed by atoms with van der Waals surface area (Å²) in [6.45, 7) is 10.00. The molecule has 0 radical (unpaired) electrons. The van der Waals surface area contributed by atoms with Crippen LogP contribution in [0.5, 0.6) is 5.75 Å². The summed E-state index contributed by atoms with van der Waals surface area (Å²) in [4.78, 5) is 12.6. The summed E-state index contributed by atoms with van der Waals surface area (Å²) in [6, 6.07) is 12.0. The van der Waals surface area contributed by atoms with E-state index in [0.717, 1.165) is 28.1 Å². The van der Waals surface area contributed by atoms with Crippen LogP contribution in [0.25, 0.3) is 0 Å². The van der Waals surface area contributed by atoms with Crippen LogP contribution in [0.15, 0.2) is 36.4 Å². The first-order chi connectivity index (χ1) is 10.9. The number of rotatable bonds is 5. The van der Waals surface area contributed by atoms with E-state index in [0.29, 0.717) is 6.42 Å². The molecule has 0 aliphatic rings. The first kappa shape index (κ1) is 17.1. The van der Waals surface area contributed by atoms with Gasteiger partial charge in [-0.15, -0.1) is 0 Å². The van der Waals surface area contributed by atoms with Gasteiger partial charge in [0, 0.05) is 5.69 Å². The summed E-state index contributed by atoms with van der Waals surface area (Å²) in [6.07, 6.45) is 0.112. The largest absolute Gasteiger partial charge is 0.480 e. The van der Waals surface area contributed by atoms with Gasteiger partial charge in [0.1, 0.15) is 5.75 Å². The van der Waals surface area contributed by atoms with Gasteiger partial charge in [0.2, 0.25) is 0 Å². The van der Waals surface area contributed by atoms with Gasteiger partial charge in [-0.05, 0) is 62.9 Å². The zero-order valence-electron chi connectivity index (χ0n) is 14.6. The summed E-state index contributed by atoms with van der Waals surface area (Å²) >= 11 is 0. The number of hydrogen-bond acceptors (Lipinski definition) is 2. The van der Waals surface area contributed by atoms with Crippen molar-refractivity contribution in [2.45, 2.75) is 47.1 Å².